The Kier molecular flexibility index (Phi) is 11.9. The van der Waals surface area contributed by atoms with E-state index in [-0.39, 0.29) is 13.3 Å². The SMILES string of the molecule is C=C=C1c2ccc(-c3ccc(C[C@@H](C#N)NC[C@@H](C)CC)c(F)c3)cc2CN1C.C=CCCCC=C.[HH]. The van der Waals surface area contributed by atoms with Crippen molar-refractivity contribution in [2.24, 2.45) is 5.92 Å². The lowest BCUT2D eigenvalue weighted by Gasteiger charge is -2.15. The first-order valence-electron chi connectivity index (χ1n) is 12.8. The molecule has 0 aliphatic carbocycles. The van der Waals surface area contributed by atoms with Crippen molar-refractivity contribution in [1.82, 2.24) is 10.2 Å². The van der Waals surface area contributed by atoms with Crippen LogP contribution in [0.2, 0.25) is 0 Å². The zero-order valence-corrected chi connectivity index (χ0v) is 22.1. The third-order valence-corrected chi connectivity index (χ3v) is 6.51. The number of rotatable bonds is 11. The first-order valence-corrected chi connectivity index (χ1v) is 12.8. The number of allylic oxidation sites excluding steroid dienone is 2. The molecule has 4 heteroatoms. The largest absolute Gasteiger partial charge is 0.363 e. The summed E-state index contributed by atoms with van der Waals surface area (Å²) in [6.07, 6.45) is 8.72. The van der Waals surface area contributed by atoms with Gasteiger partial charge in [-0.15, -0.1) is 18.9 Å². The van der Waals surface area contributed by atoms with Gasteiger partial charge in [-0.2, -0.15) is 5.26 Å². The molecule has 0 radical (unpaired) electrons. The summed E-state index contributed by atoms with van der Waals surface area (Å²) in [6.45, 7) is 16.8. The van der Waals surface area contributed by atoms with E-state index in [0.29, 0.717) is 17.9 Å². The Labute approximate surface area is 218 Å². The molecule has 0 spiro atoms. The highest BCUT2D eigenvalue weighted by Crippen LogP contribution is 2.34. The molecule has 3 rings (SSSR count). The van der Waals surface area contributed by atoms with Gasteiger partial charge in [-0.05, 0) is 66.1 Å². The van der Waals surface area contributed by atoms with Gasteiger partial charge in [-0.1, -0.05) is 63.3 Å². The van der Waals surface area contributed by atoms with Crippen molar-refractivity contribution in [3.63, 3.8) is 0 Å². The average molecular weight is 488 g/mol. The van der Waals surface area contributed by atoms with E-state index in [9.17, 15) is 9.65 Å². The van der Waals surface area contributed by atoms with Gasteiger partial charge >= 0.3 is 0 Å². The van der Waals surface area contributed by atoms with Crippen LogP contribution in [0.15, 0.2) is 74.0 Å². The van der Waals surface area contributed by atoms with Crippen LogP contribution in [0.1, 0.15) is 57.6 Å². The molecule has 0 saturated heterocycles. The summed E-state index contributed by atoms with van der Waals surface area (Å²) in [7, 11) is 2.02. The van der Waals surface area contributed by atoms with Gasteiger partial charge in [-0.3, -0.25) is 0 Å². The average Bonchev–Trinajstić information content (AvgIpc) is 3.21. The predicted octanol–water partition coefficient (Wildman–Crippen LogP) is 7.91. The number of hydrogen-bond donors (Lipinski definition) is 1. The van der Waals surface area contributed by atoms with E-state index in [1.807, 2.05) is 31.3 Å². The van der Waals surface area contributed by atoms with E-state index in [1.54, 1.807) is 12.1 Å². The zero-order valence-electron chi connectivity index (χ0n) is 22.1. The lowest BCUT2D eigenvalue weighted by molar-refractivity contribution is 0.470. The molecule has 2 atom stereocenters. The third kappa shape index (κ3) is 8.09. The van der Waals surface area contributed by atoms with Crippen molar-refractivity contribution in [3.8, 4) is 17.2 Å². The van der Waals surface area contributed by atoms with Crippen molar-refractivity contribution in [3.05, 3.63) is 96.5 Å². The van der Waals surface area contributed by atoms with Gasteiger partial charge < -0.3 is 10.2 Å². The highest BCUT2D eigenvalue weighted by Gasteiger charge is 2.21. The van der Waals surface area contributed by atoms with Crippen molar-refractivity contribution < 1.29 is 5.82 Å². The molecule has 0 aromatic heterocycles. The second-order valence-electron chi connectivity index (χ2n) is 9.38. The third-order valence-electron chi connectivity index (χ3n) is 6.51. The maximum absolute atomic E-state index is 14.8. The van der Waals surface area contributed by atoms with E-state index < -0.39 is 0 Å². The van der Waals surface area contributed by atoms with Gasteiger partial charge in [0, 0.05) is 27.0 Å². The maximum Gasteiger partial charge on any atom is 0.127 e. The maximum atomic E-state index is 14.8. The van der Waals surface area contributed by atoms with Crippen molar-refractivity contribution in [2.45, 2.75) is 58.5 Å². The molecule has 0 saturated carbocycles. The molecule has 0 bridgehead atoms. The van der Waals surface area contributed by atoms with Crippen LogP contribution < -0.4 is 5.32 Å². The molecule has 2 aromatic rings. The standard InChI is InChI=1S/C25H28FN3.C7H12.H2/c1-5-17(3)15-28-22(14-27)12-20-8-7-19(13-24(20)26)18-9-10-23-21(11-18)16-29(4)25(23)6-2;1-3-5-7-6-4-2;/h7-11,13,17,22,28H,2,5,12,15-16H2,1,3-4H3;3-4H,1-2,5-7H2;1H/t17-,22-;;/m0../s1. The monoisotopic (exact) mass is 487 g/mol. The van der Waals surface area contributed by atoms with Crippen LogP contribution in [0.3, 0.4) is 0 Å². The molecule has 1 N–H and O–H groups in total. The van der Waals surface area contributed by atoms with Gasteiger partial charge in [0.05, 0.1) is 17.8 Å². The minimum absolute atomic E-state index is 0. The number of hydrogen-bond acceptors (Lipinski definition) is 3. The Morgan fingerprint density at radius 3 is 2.42 bits per heavy atom. The molecule has 0 amide bonds. The molecule has 192 valence electrons. The van der Waals surface area contributed by atoms with Gasteiger partial charge in [0.15, 0.2) is 0 Å². The summed E-state index contributed by atoms with van der Waals surface area (Å²) in [5.74, 6) is 0.228. The first-order chi connectivity index (χ1) is 17.4. The summed E-state index contributed by atoms with van der Waals surface area (Å²) in [4.78, 5) is 2.11. The van der Waals surface area contributed by atoms with Crippen LogP contribution in [0, 0.1) is 23.1 Å². The molecule has 1 aliphatic rings. The highest BCUT2D eigenvalue weighted by molar-refractivity contribution is 5.75. The van der Waals surface area contributed by atoms with Gasteiger partial charge in [0.25, 0.3) is 0 Å². The predicted molar refractivity (Wildman–Crippen MR) is 153 cm³/mol. The van der Waals surface area contributed by atoms with Crippen LogP contribution in [-0.2, 0) is 13.0 Å². The molecule has 1 heterocycles. The lowest BCUT2D eigenvalue weighted by atomic mass is 9.97. The first kappa shape index (κ1) is 28.9. The van der Waals surface area contributed by atoms with Crippen LogP contribution >= 0.6 is 0 Å². The van der Waals surface area contributed by atoms with Crippen LogP contribution in [0.4, 0.5) is 4.39 Å². The highest BCUT2D eigenvalue weighted by atomic mass is 19.1. The number of nitriles is 1. The fourth-order valence-corrected chi connectivity index (χ4v) is 4.08. The smallest absolute Gasteiger partial charge is 0.127 e. The summed E-state index contributed by atoms with van der Waals surface area (Å²) < 4.78 is 14.8. The molecule has 0 unspecified atom stereocenters. The molecule has 0 fully saturated rings. The van der Waals surface area contributed by atoms with Gasteiger partial charge in [0.2, 0.25) is 0 Å². The van der Waals surface area contributed by atoms with Crippen LogP contribution in [0.5, 0.6) is 0 Å². The van der Waals surface area contributed by atoms with Crippen LogP contribution in [-0.4, -0.2) is 24.5 Å². The number of fused-ring (bicyclic) bond motifs is 1. The van der Waals surface area contributed by atoms with Gasteiger partial charge in [-0.25, -0.2) is 4.39 Å². The Balaban J connectivity index is 0.000000754. The molecule has 3 nitrogen and oxygen atoms in total. The lowest BCUT2D eigenvalue weighted by Crippen LogP contribution is -2.33. The number of halogens is 1. The fourth-order valence-electron chi connectivity index (χ4n) is 4.08. The molecule has 36 heavy (non-hydrogen) atoms. The summed E-state index contributed by atoms with van der Waals surface area (Å²) >= 11 is 0. The Hall–Kier alpha value is -3.38. The molecular formula is C32H42FN3. The second kappa shape index (κ2) is 14.9. The minimum atomic E-state index is -0.385. The molecule has 1 aliphatic heterocycles. The Morgan fingerprint density at radius 1 is 1.17 bits per heavy atom. The molecule has 2 aromatic carbocycles. The Morgan fingerprint density at radius 2 is 1.83 bits per heavy atom. The number of unbranched alkanes of at least 4 members (excludes halogenated alkanes) is 2. The van der Waals surface area contributed by atoms with Gasteiger partial charge in [0.1, 0.15) is 5.82 Å². The number of nitrogens with zero attached hydrogens (tertiary/aromatic N) is 2. The van der Waals surface area contributed by atoms with E-state index in [2.05, 4.69) is 67.7 Å². The second-order valence-corrected chi connectivity index (χ2v) is 9.38. The summed E-state index contributed by atoms with van der Waals surface area (Å²) in [6, 6.07) is 13.3. The molecular weight excluding hydrogens is 445 g/mol. The Bertz CT molecular complexity index is 1120. The normalized spacial score (nSPS) is 13.5. The summed E-state index contributed by atoms with van der Waals surface area (Å²) in [5, 5.41) is 12.6. The number of benzene rings is 2. The van der Waals surface area contributed by atoms with E-state index in [1.165, 1.54) is 12.0 Å². The minimum Gasteiger partial charge on any atom is -0.363 e. The van der Waals surface area contributed by atoms with Crippen LogP contribution in [0.25, 0.3) is 16.8 Å². The van der Waals surface area contributed by atoms with Crippen molar-refractivity contribution >= 4 is 5.70 Å². The zero-order chi connectivity index (χ0) is 26.5. The summed E-state index contributed by atoms with van der Waals surface area (Å²) in [5.41, 5.74) is 8.71. The van der Waals surface area contributed by atoms with Crippen molar-refractivity contribution in [2.75, 3.05) is 13.6 Å². The van der Waals surface area contributed by atoms with E-state index in [0.717, 1.165) is 54.7 Å². The fraction of sp³-hybridized carbons (Fsp3) is 0.375. The van der Waals surface area contributed by atoms with E-state index >= 15 is 0 Å². The van der Waals surface area contributed by atoms with Crippen molar-refractivity contribution in [1.29, 1.82) is 5.26 Å². The number of nitrogens with one attached hydrogen (secondary N) is 1. The van der Waals surface area contributed by atoms with E-state index in [4.69, 9.17) is 0 Å². The topological polar surface area (TPSA) is 39.1 Å². The quantitative estimate of drug-likeness (QED) is 0.199.